The van der Waals surface area contributed by atoms with Crippen LogP contribution in [0.1, 0.15) is 27.6 Å². The molecule has 0 unspecified atom stereocenters. The molecule has 0 aliphatic carbocycles. The van der Waals surface area contributed by atoms with Crippen molar-refractivity contribution >= 4 is 56.9 Å². The molecule has 234 valence electrons. The number of thioether (sulfide) groups is 1. The fourth-order valence-electron chi connectivity index (χ4n) is 4.57. The summed E-state index contributed by atoms with van der Waals surface area (Å²) in [5, 5.41) is 10.4. The van der Waals surface area contributed by atoms with Crippen LogP contribution in [0.2, 0.25) is 10.0 Å². The number of esters is 1. The van der Waals surface area contributed by atoms with Crippen LogP contribution in [-0.4, -0.2) is 67.6 Å². The Morgan fingerprint density at radius 2 is 1.84 bits per heavy atom. The first-order valence-corrected chi connectivity index (χ1v) is 16.0. The van der Waals surface area contributed by atoms with Gasteiger partial charge in [-0.25, -0.2) is 13.2 Å². The highest BCUT2D eigenvalue weighted by molar-refractivity contribution is 8.02. The molecule has 0 spiro atoms. The quantitative estimate of drug-likeness (QED) is 0.194. The van der Waals surface area contributed by atoms with Gasteiger partial charge in [0.25, 0.3) is 5.91 Å². The van der Waals surface area contributed by atoms with Gasteiger partial charge in [0.1, 0.15) is 16.1 Å². The van der Waals surface area contributed by atoms with Crippen LogP contribution in [0.25, 0.3) is 0 Å². The number of hydrogen-bond acceptors (Lipinski definition) is 9. The number of sulfonamides is 1. The summed E-state index contributed by atoms with van der Waals surface area (Å²) in [6, 6.07) is 9.22. The minimum absolute atomic E-state index is 0.0256. The predicted molar refractivity (Wildman–Crippen MR) is 155 cm³/mol. The van der Waals surface area contributed by atoms with Gasteiger partial charge in [0.15, 0.2) is 29.3 Å². The Labute approximate surface area is 264 Å². The Morgan fingerprint density at radius 3 is 2.52 bits per heavy atom. The summed E-state index contributed by atoms with van der Waals surface area (Å²) in [6.07, 6.45) is -3.27. The summed E-state index contributed by atoms with van der Waals surface area (Å²) >= 11 is 13.5. The molecule has 0 saturated carbocycles. The standard InChI is InChI=1S/C27H23Cl2F2N3O8S2/c1-32(2)24(35)16-4-3-5-17(10-16)44(38,39)34-8-9-43-25(34)26(36)40-22(12-18-19(28)13-33(37)14-20(18)29)15-6-7-21-23(11-15)42-27(30,31)41-21/h3-7,10-11,13-14,22,25H,8-9,12H2,1-2H3/t22-,25-/m0/s1. The minimum Gasteiger partial charge on any atom is -0.619 e. The zero-order chi connectivity index (χ0) is 32.0. The van der Waals surface area contributed by atoms with Gasteiger partial charge in [-0.15, -0.1) is 20.5 Å². The lowest BCUT2D eigenvalue weighted by molar-refractivity contribution is -0.605. The van der Waals surface area contributed by atoms with Gasteiger partial charge in [-0.3, -0.25) is 4.79 Å². The second kappa shape index (κ2) is 12.2. The molecule has 5 rings (SSSR count). The van der Waals surface area contributed by atoms with Gasteiger partial charge < -0.3 is 24.3 Å². The van der Waals surface area contributed by atoms with Crippen molar-refractivity contribution in [3.8, 4) is 11.5 Å². The third kappa shape index (κ3) is 6.52. The van der Waals surface area contributed by atoms with Crippen molar-refractivity contribution in [2.45, 2.75) is 29.1 Å². The van der Waals surface area contributed by atoms with Crippen molar-refractivity contribution in [3.05, 3.63) is 86.8 Å². The highest BCUT2D eigenvalue weighted by atomic mass is 35.5. The molecule has 44 heavy (non-hydrogen) atoms. The van der Waals surface area contributed by atoms with Crippen LogP contribution in [-0.2, 0) is 26.0 Å². The van der Waals surface area contributed by atoms with E-state index in [1.165, 1.54) is 61.5 Å². The number of benzene rings is 2. The van der Waals surface area contributed by atoms with Crippen LogP contribution in [0.5, 0.6) is 11.5 Å². The lowest BCUT2D eigenvalue weighted by Gasteiger charge is -2.25. The number of alkyl halides is 2. The highest BCUT2D eigenvalue weighted by Gasteiger charge is 2.45. The highest BCUT2D eigenvalue weighted by Crippen LogP contribution is 2.43. The lowest BCUT2D eigenvalue weighted by Crippen LogP contribution is -2.40. The normalized spacial score (nSPS) is 18.2. The molecule has 1 fully saturated rings. The molecule has 3 aromatic rings. The van der Waals surface area contributed by atoms with E-state index < -0.39 is 39.7 Å². The van der Waals surface area contributed by atoms with Crippen molar-refractivity contribution in [1.82, 2.24) is 9.21 Å². The van der Waals surface area contributed by atoms with Gasteiger partial charge >= 0.3 is 12.3 Å². The number of carbonyl (C=O) groups excluding carboxylic acids is 2. The van der Waals surface area contributed by atoms with E-state index in [1.807, 2.05) is 0 Å². The molecule has 2 aliphatic rings. The first-order valence-electron chi connectivity index (χ1n) is 12.8. The van der Waals surface area contributed by atoms with E-state index in [9.17, 15) is 32.0 Å². The summed E-state index contributed by atoms with van der Waals surface area (Å²) in [7, 11) is -1.21. The van der Waals surface area contributed by atoms with E-state index in [-0.39, 0.29) is 61.8 Å². The van der Waals surface area contributed by atoms with Gasteiger partial charge in [0, 0.05) is 43.9 Å². The molecule has 2 aliphatic heterocycles. The van der Waals surface area contributed by atoms with Crippen LogP contribution in [0, 0.1) is 5.21 Å². The Morgan fingerprint density at radius 1 is 1.16 bits per heavy atom. The second-order valence-electron chi connectivity index (χ2n) is 9.86. The van der Waals surface area contributed by atoms with E-state index in [4.69, 9.17) is 27.9 Å². The predicted octanol–water partition coefficient (Wildman–Crippen LogP) is 4.24. The Hall–Kier alpha value is -3.37. The second-order valence-corrected chi connectivity index (χ2v) is 13.8. The molecule has 1 aromatic heterocycles. The zero-order valence-electron chi connectivity index (χ0n) is 22.9. The number of halogens is 4. The first kappa shape index (κ1) is 32.0. The van der Waals surface area contributed by atoms with Crippen LogP contribution in [0.15, 0.2) is 59.8 Å². The SMILES string of the molecule is CN(C)C(=O)c1cccc(S(=O)(=O)N2CCS[C@H]2C(=O)O[C@@H](Cc2c(Cl)c[n+]([O-])cc2Cl)c2ccc3c(c2)OC(F)(F)O3)c1. The largest absolute Gasteiger partial charge is 0.619 e. The summed E-state index contributed by atoms with van der Waals surface area (Å²) < 4.78 is 70.9. The summed E-state index contributed by atoms with van der Waals surface area (Å²) in [4.78, 5) is 27.2. The average molecular weight is 691 g/mol. The van der Waals surface area contributed by atoms with Crippen LogP contribution >= 0.6 is 35.0 Å². The Kier molecular flexibility index (Phi) is 8.88. The fourth-order valence-corrected chi connectivity index (χ4v) is 8.26. The number of fused-ring (bicyclic) bond motifs is 1. The number of nitrogens with zero attached hydrogens (tertiary/aromatic N) is 3. The van der Waals surface area contributed by atoms with E-state index in [2.05, 4.69) is 9.47 Å². The molecular weight excluding hydrogens is 667 g/mol. The van der Waals surface area contributed by atoms with Gasteiger partial charge in [-0.1, -0.05) is 35.3 Å². The molecule has 2 atom stereocenters. The number of rotatable bonds is 8. The Balaban J connectivity index is 1.45. The van der Waals surface area contributed by atoms with E-state index in [0.29, 0.717) is 4.73 Å². The fraction of sp³-hybridized carbons (Fsp3) is 0.296. The molecule has 1 amide bonds. The topological polar surface area (TPSA) is 129 Å². The van der Waals surface area contributed by atoms with Crippen molar-refractivity contribution in [3.63, 3.8) is 0 Å². The molecular formula is C27H23Cl2F2N3O8S2. The summed E-state index contributed by atoms with van der Waals surface area (Å²) in [5.41, 5.74) is 0.537. The third-order valence-electron chi connectivity index (χ3n) is 6.65. The van der Waals surface area contributed by atoms with Crippen LogP contribution in [0.4, 0.5) is 8.78 Å². The monoisotopic (exact) mass is 689 g/mol. The zero-order valence-corrected chi connectivity index (χ0v) is 26.1. The molecule has 3 heterocycles. The number of hydrogen-bond donors (Lipinski definition) is 0. The summed E-state index contributed by atoms with van der Waals surface area (Å²) in [5.74, 6) is -1.65. The van der Waals surface area contributed by atoms with Crippen LogP contribution in [0.3, 0.4) is 0 Å². The molecule has 17 heteroatoms. The number of aromatic nitrogens is 1. The van der Waals surface area contributed by atoms with Crippen molar-refractivity contribution < 1.29 is 45.7 Å². The maximum atomic E-state index is 13.7. The van der Waals surface area contributed by atoms with Gasteiger partial charge in [-0.2, -0.15) is 9.04 Å². The third-order valence-corrected chi connectivity index (χ3v) is 10.5. The molecule has 2 aromatic carbocycles. The maximum Gasteiger partial charge on any atom is 0.586 e. The molecule has 0 radical (unpaired) electrons. The van der Waals surface area contributed by atoms with Gasteiger partial charge in [0.2, 0.25) is 10.0 Å². The van der Waals surface area contributed by atoms with Gasteiger partial charge in [0.05, 0.1) is 4.90 Å². The number of pyridine rings is 1. The number of ether oxygens (including phenoxy) is 3. The molecule has 0 bridgehead atoms. The minimum atomic E-state index is -4.27. The first-order chi connectivity index (χ1) is 20.7. The molecule has 0 N–H and O–H groups in total. The van der Waals surface area contributed by atoms with E-state index >= 15 is 0 Å². The lowest BCUT2D eigenvalue weighted by atomic mass is 10.0. The Bertz CT molecular complexity index is 1720. The number of carbonyl (C=O) groups is 2. The van der Waals surface area contributed by atoms with Crippen molar-refractivity contribution in [2.75, 3.05) is 26.4 Å². The average Bonchev–Trinajstić information content (AvgIpc) is 3.57. The van der Waals surface area contributed by atoms with Crippen LogP contribution < -0.4 is 14.2 Å². The summed E-state index contributed by atoms with van der Waals surface area (Å²) in [6.45, 7) is -0.0256. The molecule has 1 saturated heterocycles. The van der Waals surface area contributed by atoms with E-state index in [0.717, 1.165) is 28.5 Å². The smallest absolute Gasteiger partial charge is 0.586 e. The number of amides is 1. The van der Waals surface area contributed by atoms with Crippen molar-refractivity contribution in [1.29, 1.82) is 0 Å². The molecule has 11 nitrogen and oxygen atoms in total. The van der Waals surface area contributed by atoms with E-state index in [1.54, 1.807) is 0 Å². The maximum absolute atomic E-state index is 13.7. The van der Waals surface area contributed by atoms with Crippen molar-refractivity contribution in [2.24, 2.45) is 0 Å². The van der Waals surface area contributed by atoms with Gasteiger partial charge in [-0.05, 0) is 35.9 Å².